The number of thiophene rings is 1. The van der Waals surface area contributed by atoms with Crippen LogP contribution in [0.25, 0.3) is 15.9 Å². The summed E-state index contributed by atoms with van der Waals surface area (Å²) in [7, 11) is 0. The van der Waals surface area contributed by atoms with Gasteiger partial charge in [-0.3, -0.25) is 4.79 Å². The Labute approximate surface area is 123 Å². The molecule has 0 unspecified atom stereocenters. The standard InChI is InChI=1S/C13H13N5O2S/c14-9(19)5-18-13(20)17-6-15-12-10(11(17)16-18)7-3-1-2-4-8(7)21-12/h6H,1-5H2,(H2,14,19). The Kier molecular flexibility index (Phi) is 2.61. The van der Waals surface area contributed by atoms with Crippen LogP contribution < -0.4 is 11.4 Å². The highest BCUT2D eigenvalue weighted by atomic mass is 32.1. The summed E-state index contributed by atoms with van der Waals surface area (Å²) in [6.45, 7) is -0.214. The molecule has 4 rings (SSSR count). The number of rotatable bonds is 2. The molecule has 21 heavy (non-hydrogen) atoms. The predicted molar refractivity (Wildman–Crippen MR) is 78.5 cm³/mol. The number of aryl methyl sites for hydroxylation is 2. The Morgan fingerprint density at radius 2 is 2.19 bits per heavy atom. The highest BCUT2D eigenvalue weighted by Gasteiger charge is 2.21. The molecular formula is C13H13N5O2S. The molecule has 0 spiro atoms. The number of amides is 1. The van der Waals surface area contributed by atoms with Crippen LogP contribution in [0.4, 0.5) is 0 Å². The maximum Gasteiger partial charge on any atom is 0.352 e. The zero-order valence-electron chi connectivity index (χ0n) is 11.2. The first-order valence-corrected chi connectivity index (χ1v) is 7.63. The highest BCUT2D eigenvalue weighted by Crippen LogP contribution is 2.36. The van der Waals surface area contributed by atoms with Gasteiger partial charge in [-0.2, -0.15) is 0 Å². The lowest BCUT2D eigenvalue weighted by Gasteiger charge is -2.09. The van der Waals surface area contributed by atoms with Crippen LogP contribution in [0.3, 0.4) is 0 Å². The van der Waals surface area contributed by atoms with E-state index in [0.29, 0.717) is 5.65 Å². The van der Waals surface area contributed by atoms with Crippen molar-refractivity contribution in [2.75, 3.05) is 0 Å². The Hall–Kier alpha value is -2.22. The third-order valence-corrected chi connectivity index (χ3v) is 5.04. The molecule has 108 valence electrons. The quantitative estimate of drug-likeness (QED) is 0.744. The van der Waals surface area contributed by atoms with E-state index in [4.69, 9.17) is 5.73 Å². The zero-order chi connectivity index (χ0) is 14.6. The Morgan fingerprint density at radius 3 is 3.00 bits per heavy atom. The molecule has 0 saturated heterocycles. The minimum Gasteiger partial charge on any atom is -0.368 e. The summed E-state index contributed by atoms with van der Waals surface area (Å²) in [6.07, 6.45) is 5.87. The maximum atomic E-state index is 12.2. The molecule has 0 bridgehead atoms. The summed E-state index contributed by atoms with van der Waals surface area (Å²) < 4.78 is 2.50. The van der Waals surface area contributed by atoms with Crippen LogP contribution >= 0.6 is 11.3 Å². The van der Waals surface area contributed by atoms with Gasteiger partial charge >= 0.3 is 5.69 Å². The van der Waals surface area contributed by atoms with Gasteiger partial charge in [-0.1, -0.05) is 0 Å². The molecule has 3 heterocycles. The minimum atomic E-state index is -0.586. The number of carbonyl (C=O) groups excluding carboxylic acids is 1. The molecule has 0 aromatic carbocycles. The van der Waals surface area contributed by atoms with Crippen molar-refractivity contribution in [3.63, 3.8) is 0 Å². The highest BCUT2D eigenvalue weighted by molar-refractivity contribution is 7.19. The van der Waals surface area contributed by atoms with Gasteiger partial charge in [-0.15, -0.1) is 16.4 Å². The van der Waals surface area contributed by atoms with E-state index < -0.39 is 5.91 Å². The van der Waals surface area contributed by atoms with Crippen LogP contribution in [-0.2, 0) is 24.2 Å². The van der Waals surface area contributed by atoms with Crippen molar-refractivity contribution < 1.29 is 4.79 Å². The van der Waals surface area contributed by atoms with E-state index in [1.165, 1.54) is 27.6 Å². The van der Waals surface area contributed by atoms with Crippen LogP contribution in [0.15, 0.2) is 11.1 Å². The number of carbonyl (C=O) groups is 1. The van der Waals surface area contributed by atoms with Crippen LogP contribution in [0.2, 0.25) is 0 Å². The van der Waals surface area contributed by atoms with Crippen molar-refractivity contribution >= 4 is 33.1 Å². The van der Waals surface area contributed by atoms with Gasteiger partial charge in [-0.05, 0) is 31.2 Å². The zero-order valence-corrected chi connectivity index (χ0v) is 12.0. The largest absolute Gasteiger partial charge is 0.368 e. The Morgan fingerprint density at radius 1 is 1.38 bits per heavy atom. The van der Waals surface area contributed by atoms with Gasteiger partial charge in [-0.25, -0.2) is 18.9 Å². The lowest BCUT2D eigenvalue weighted by atomic mass is 9.97. The van der Waals surface area contributed by atoms with Crippen molar-refractivity contribution in [2.45, 2.75) is 32.2 Å². The van der Waals surface area contributed by atoms with E-state index in [0.717, 1.165) is 34.2 Å². The fourth-order valence-corrected chi connectivity index (χ4v) is 4.15. The number of primary amides is 1. The molecule has 3 aromatic heterocycles. The molecule has 0 fully saturated rings. The summed E-state index contributed by atoms with van der Waals surface area (Å²) in [6, 6.07) is 0. The average molecular weight is 303 g/mol. The molecular weight excluding hydrogens is 290 g/mol. The number of nitrogens with zero attached hydrogens (tertiary/aromatic N) is 4. The average Bonchev–Trinajstić information content (AvgIpc) is 2.97. The molecule has 0 saturated carbocycles. The molecule has 0 aliphatic heterocycles. The van der Waals surface area contributed by atoms with E-state index in [-0.39, 0.29) is 12.2 Å². The first kappa shape index (κ1) is 12.5. The van der Waals surface area contributed by atoms with Gasteiger partial charge in [0.1, 0.15) is 17.7 Å². The van der Waals surface area contributed by atoms with E-state index in [9.17, 15) is 9.59 Å². The van der Waals surface area contributed by atoms with E-state index >= 15 is 0 Å². The molecule has 8 heteroatoms. The Balaban J connectivity index is 2.06. The van der Waals surface area contributed by atoms with Crippen molar-refractivity contribution in [1.29, 1.82) is 0 Å². The molecule has 7 nitrogen and oxygen atoms in total. The number of hydrogen-bond acceptors (Lipinski definition) is 5. The molecule has 1 amide bonds. The number of nitrogens with two attached hydrogens (primary N) is 1. The summed E-state index contributed by atoms with van der Waals surface area (Å²) in [5, 5.41) is 5.25. The van der Waals surface area contributed by atoms with E-state index in [1.807, 2.05) is 0 Å². The fraction of sp³-hybridized carbons (Fsp3) is 0.385. The molecule has 3 aromatic rings. The minimum absolute atomic E-state index is 0.214. The van der Waals surface area contributed by atoms with Crippen LogP contribution in [-0.4, -0.2) is 25.1 Å². The fourth-order valence-electron chi connectivity index (χ4n) is 2.93. The van der Waals surface area contributed by atoms with Crippen LogP contribution in [0.5, 0.6) is 0 Å². The molecule has 2 N–H and O–H groups in total. The van der Waals surface area contributed by atoms with Crippen LogP contribution in [0.1, 0.15) is 23.3 Å². The molecule has 0 atom stereocenters. The summed E-state index contributed by atoms with van der Waals surface area (Å²) in [5.41, 5.74) is 6.61. The van der Waals surface area contributed by atoms with Gasteiger partial charge in [0, 0.05) is 4.88 Å². The summed E-state index contributed by atoms with van der Waals surface area (Å²) in [5.74, 6) is -0.586. The molecule has 1 aliphatic carbocycles. The second kappa shape index (κ2) is 4.39. The van der Waals surface area contributed by atoms with Crippen molar-refractivity contribution in [3.05, 3.63) is 27.3 Å². The smallest absolute Gasteiger partial charge is 0.352 e. The first-order chi connectivity index (χ1) is 10.1. The van der Waals surface area contributed by atoms with E-state index in [1.54, 1.807) is 11.3 Å². The predicted octanol–water partition coefficient (Wildman–Crippen LogP) is 0.470. The van der Waals surface area contributed by atoms with Gasteiger partial charge in [0.15, 0.2) is 5.65 Å². The Bertz CT molecular complexity index is 935. The second-order valence-corrected chi connectivity index (χ2v) is 6.32. The number of fused-ring (bicyclic) bond motifs is 5. The summed E-state index contributed by atoms with van der Waals surface area (Å²) >= 11 is 1.68. The van der Waals surface area contributed by atoms with Gasteiger partial charge < -0.3 is 5.73 Å². The number of hydrogen-bond donors (Lipinski definition) is 1. The van der Waals surface area contributed by atoms with Gasteiger partial charge in [0.25, 0.3) is 0 Å². The number of aromatic nitrogens is 4. The van der Waals surface area contributed by atoms with Crippen molar-refractivity contribution in [3.8, 4) is 0 Å². The third-order valence-electron chi connectivity index (χ3n) is 3.84. The monoisotopic (exact) mass is 303 g/mol. The van der Waals surface area contributed by atoms with Crippen molar-refractivity contribution in [1.82, 2.24) is 19.2 Å². The third kappa shape index (κ3) is 1.79. The van der Waals surface area contributed by atoms with Crippen molar-refractivity contribution in [2.24, 2.45) is 5.73 Å². The normalized spacial score (nSPS) is 14.7. The summed E-state index contributed by atoms with van der Waals surface area (Å²) in [4.78, 5) is 29.9. The van der Waals surface area contributed by atoms with Gasteiger partial charge in [0.05, 0.1) is 5.39 Å². The van der Waals surface area contributed by atoms with E-state index in [2.05, 4.69) is 10.1 Å². The van der Waals surface area contributed by atoms with Crippen LogP contribution in [0, 0.1) is 0 Å². The first-order valence-electron chi connectivity index (χ1n) is 6.82. The maximum absolute atomic E-state index is 12.2. The lowest BCUT2D eigenvalue weighted by Crippen LogP contribution is -2.28. The lowest BCUT2D eigenvalue weighted by molar-refractivity contribution is -0.118. The second-order valence-electron chi connectivity index (χ2n) is 5.24. The molecule has 0 radical (unpaired) electrons. The van der Waals surface area contributed by atoms with Gasteiger partial charge in [0.2, 0.25) is 5.91 Å². The SMILES string of the molecule is NC(=O)Cn1nc2c3c4c(sc3ncn2c1=O)CCCC4. The topological polar surface area (TPSA) is 95.3 Å². The molecule has 1 aliphatic rings.